The Kier molecular flexibility index (Phi) is 64.3. The van der Waals surface area contributed by atoms with Crippen molar-refractivity contribution in [3.8, 4) is 0 Å². The van der Waals surface area contributed by atoms with Crippen LogP contribution in [0.2, 0.25) is 0 Å². The van der Waals surface area contributed by atoms with Crippen LogP contribution in [0.4, 0.5) is 0 Å². The fourth-order valence-corrected chi connectivity index (χ4v) is 13.0. The molecule has 0 spiro atoms. The van der Waals surface area contributed by atoms with E-state index < -0.39 is 97.5 Å². The molecule has 0 aliphatic heterocycles. The maximum absolute atomic E-state index is 13.1. The van der Waals surface area contributed by atoms with E-state index in [9.17, 15) is 43.2 Å². The van der Waals surface area contributed by atoms with Gasteiger partial charge in [-0.25, -0.2) is 9.13 Å². The van der Waals surface area contributed by atoms with Gasteiger partial charge in [-0.2, -0.15) is 0 Å². The van der Waals surface area contributed by atoms with E-state index in [0.717, 1.165) is 108 Å². The molecule has 17 nitrogen and oxygen atoms in total. The number of phosphoric ester groups is 2. The highest BCUT2D eigenvalue weighted by molar-refractivity contribution is 7.47. The predicted molar refractivity (Wildman–Crippen MR) is 381 cm³/mol. The van der Waals surface area contributed by atoms with Crippen LogP contribution < -0.4 is 0 Å². The molecule has 0 aliphatic carbocycles. The van der Waals surface area contributed by atoms with E-state index >= 15 is 0 Å². The monoisotopic (exact) mass is 1380 g/mol. The molecule has 3 N–H and O–H groups in total. The van der Waals surface area contributed by atoms with Crippen LogP contribution in [0.15, 0.2) is 0 Å². The normalized spacial score (nSPS) is 14.1. The number of unbranched alkanes of at least 4 members (excludes halogenated alkanes) is 41. The highest BCUT2D eigenvalue weighted by Crippen LogP contribution is 2.45. The van der Waals surface area contributed by atoms with E-state index in [2.05, 4.69) is 48.5 Å². The number of ether oxygens (including phenoxy) is 4. The lowest BCUT2D eigenvalue weighted by molar-refractivity contribution is -0.161. The predicted octanol–water partition coefficient (Wildman–Crippen LogP) is 21.8. The number of rotatable bonds is 73. The minimum Gasteiger partial charge on any atom is -0.462 e. The molecule has 0 radical (unpaired) electrons. The third-order valence-corrected chi connectivity index (χ3v) is 19.3. The van der Waals surface area contributed by atoms with Gasteiger partial charge in [0.2, 0.25) is 0 Å². The maximum Gasteiger partial charge on any atom is 0.472 e. The van der Waals surface area contributed by atoms with Crippen LogP contribution in [-0.4, -0.2) is 96.7 Å². The van der Waals surface area contributed by atoms with Crippen LogP contribution in [-0.2, 0) is 65.4 Å². The molecule has 0 saturated heterocycles. The van der Waals surface area contributed by atoms with Crippen LogP contribution >= 0.6 is 15.6 Å². The van der Waals surface area contributed by atoms with Crippen molar-refractivity contribution in [2.24, 2.45) is 17.8 Å². The summed E-state index contributed by atoms with van der Waals surface area (Å²) in [4.78, 5) is 72.8. The Morgan fingerprint density at radius 1 is 0.287 bits per heavy atom. The van der Waals surface area contributed by atoms with Gasteiger partial charge in [-0.3, -0.25) is 37.3 Å². The molecule has 558 valence electrons. The SMILES string of the molecule is CCCCCCCCCCCCCCCCCC(=O)O[C@H](COC(=O)CCCCCCCCCCCCCC(C)C)COP(=O)(O)OC[C@@H](O)COP(=O)(O)OC[C@@H](COC(=O)CCCCCCCCCCCC(C)C)OC(=O)CCCCCCCCCCCCC(C)C. The highest BCUT2D eigenvalue weighted by Gasteiger charge is 2.30. The summed E-state index contributed by atoms with van der Waals surface area (Å²) in [5.41, 5.74) is 0. The molecular weight excluding hydrogens is 1230 g/mol. The summed E-state index contributed by atoms with van der Waals surface area (Å²) in [6.07, 6.45) is 51.2. The standard InChI is InChI=1S/C75H146O17P2/c1-8-9-10-11-12-13-14-15-16-17-20-29-37-44-51-58-74(79)91-70(62-85-72(77)56-49-42-35-28-21-18-19-25-32-39-46-53-66(2)3)64-89-93(81,82)87-60-69(76)61-88-94(83,84)90-65-71(63-86-73(78)57-50-43-36-31-24-27-34-41-48-55-68(6)7)92-75(80)59-52-45-38-30-23-22-26-33-40-47-54-67(4)5/h66-71,76H,8-65H2,1-7H3,(H,81,82)(H,83,84)/t69-,70-,71-/m1/s1. The first kappa shape index (κ1) is 92.1. The van der Waals surface area contributed by atoms with Gasteiger partial charge < -0.3 is 33.8 Å². The molecule has 0 rings (SSSR count). The number of hydrogen-bond acceptors (Lipinski definition) is 15. The smallest absolute Gasteiger partial charge is 0.462 e. The second kappa shape index (κ2) is 65.7. The molecule has 0 amide bonds. The molecule has 0 fully saturated rings. The molecule has 5 atom stereocenters. The van der Waals surface area contributed by atoms with Crippen molar-refractivity contribution >= 4 is 39.5 Å². The van der Waals surface area contributed by atoms with Crippen molar-refractivity contribution in [1.29, 1.82) is 0 Å². The lowest BCUT2D eigenvalue weighted by atomic mass is 10.0. The van der Waals surface area contributed by atoms with Gasteiger partial charge in [-0.05, 0) is 43.4 Å². The number of carbonyl (C=O) groups is 4. The molecule has 19 heteroatoms. The number of carbonyl (C=O) groups excluding carboxylic acids is 4. The van der Waals surface area contributed by atoms with Crippen LogP contribution in [0.3, 0.4) is 0 Å². The van der Waals surface area contributed by atoms with E-state index in [1.807, 2.05) is 0 Å². The van der Waals surface area contributed by atoms with E-state index in [0.29, 0.717) is 25.7 Å². The minimum atomic E-state index is -4.96. The van der Waals surface area contributed by atoms with E-state index in [-0.39, 0.29) is 25.7 Å². The quantitative estimate of drug-likeness (QED) is 0.0222. The molecule has 0 saturated carbocycles. The first-order chi connectivity index (χ1) is 45.2. The van der Waals surface area contributed by atoms with Gasteiger partial charge in [0.25, 0.3) is 0 Å². The van der Waals surface area contributed by atoms with Crippen LogP contribution in [0.25, 0.3) is 0 Å². The van der Waals surface area contributed by atoms with Crippen LogP contribution in [0.5, 0.6) is 0 Å². The van der Waals surface area contributed by atoms with Gasteiger partial charge in [0, 0.05) is 25.7 Å². The maximum atomic E-state index is 13.1. The average molecular weight is 1380 g/mol. The molecule has 0 aromatic heterocycles. The van der Waals surface area contributed by atoms with Crippen molar-refractivity contribution in [3.05, 3.63) is 0 Å². The van der Waals surface area contributed by atoms with Crippen LogP contribution in [0.1, 0.15) is 382 Å². The zero-order chi connectivity index (χ0) is 69.4. The van der Waals surface area contributed by atoms with E-state index in [4.69, 9.17) is 37.0 Å². The Bertz CT molecular complexity index is 1840. The summed E-state index contributed by atoms with van der Waals surface area (Å²) in [5.74, 6) is 0.149. The lowest BCUT2D eigenvalue weighted by Gasteiger charge is -2.21. The second-order valence-electron chi connectivity index (χ2n) is 28.5. The second-order valence-corrected chi connectivity index (χ2v) is 31.4. The van der Waals surface area contributed by atoms with Gasteiger partial charge >= 0.3 is 39.5 Å². The van der Waals surface area contributed by atoms with Crippen molar-refractivity contribution < 1.29 is 80.2 Å². The number of hydrogen-bond donors (Lipinski definition) is 3. The fraction of sp³-hybridized carbons (Fsp3) is 0.947. The molecule has 0 aromatic carbocycles. The minimum absolute atomic E-state index is 0.105. The zero-order valence-corrected chi connectivity index (χ0v) is 63.2. The summed E-state index contributed by atoms with van der Waals surface area (Å²) in [7, 11) is -9.91. The average Bonchev–Trinajstić information content (AvgIpc) is 2.53. The number of aliphatic hydroxyl groups is 1. The van der Waals surface area contributed by atoms with Gasteiger partial charge in [0.15, 0.2) is 12.2 Å². The van der Waals surface area contributed by atoms with Crippen molar-refractivity contribution in [3.63, 3.8) is 0 Å². The summed E-state index contributed by atoms with van der Waals surface area (Å²) in [5, 5.41) is 10.6. The lowest BCUT2D eigenvalue weighted by Crippen LogP contribution is -2.30. The Labute approximate surface area is 575 Å². The first-order valence-electron chi connectivity index (χ1n) is 38.8. The largest absolute Gasteiger partial charge is 0.472 e. The molecule has 94 heavy (non-hydrogen) atoms. The van der Waals surface area contributed by atoms with Gasteiger partial charge in [-0.1, -0.05) is 331 Å². The number of phosphoric acid groups is 2. The Hall–Kier alpha value is -1.94. The third kappa shape index (κ3) is 68.6. The molecule has 0 aliphatic rings. The van der Waals surface area contributed by atoms with E-state index in [1.54, 1.807) is 0 Å². The topological polar surface area (TPSA) is 237 Å². The fourth-order valence-electron chi connectivity index (χ4n) is 11.4. The molecular formula is C75H146O17P2. The Morgan fingerprint density at radius 2 is 0.489 bits per heavy atom. The molecule has 2 unspecified atom stereocenters. The molecule has 0 aromatic rings. The number of aliphatic hydroxyl groups excluding tert-OH is 1. The van der Waals surface area contributed by atoms with Crippen LogP contribution in [0, 0.1) is 17.8 Å². The third-order valence-electron chi connectivity index (χ3n) is 17.4. The van der Waals surface area contributed by atoms with Gasteiger partial charge in [-0.15, -0.1) is 0 Å². The Balaban J connectivity index is 5.27. The zero-order valence-electron chi connectivity index (χ0n) is 61.4. The molecule has 0 heterocycles. The summed E-state index contributed by atoms with van der Waals surface area (Å²) in [6, 6.07) is 0. The van der Waals surface area contributed by atoms with E-state index in [1.165, 1.54) is 193 Å². The summed E-state index contributed by atoms with van der Waals surface area (Å²) < 4.78 is 68.5. The van der Waals surface area contributed by atoms with Crippen molar-refractivity contribution in [2.75, 3.05) is 39.6 Å². The van der Waals surface area contributed by atoms with Crippen molar-refractivity contribution in [2.45, 2.75) is 401 Å². The van der Waals surface area contributed by atoms with Crippen molar-refractivity contribution in [1.82, 2.24) is 0 Å². The number of esters is 4. The van der Waals surface area contributed by atoms with Gasteiger partial charge in [0.1, 0.15) is 19.3 Å². The summed E-state index contributed by atoms with van der Waals surface area (Å²) in [6.45, 7) is 11.9. The van der Waals surface area contributed by atoms with Gasteiger partial charge in [0.05, 0.1) is 26.4 Å². The summed E-state index contributed by atoms with van der Waals surface area (Å²) >= 11 is 0. The molecule has 0 bridgehead atoms. The highest BCUT2D eigenvalue weighted by atomic mass is 31.2. The Morgan fingerprint density at radius 3 is 0.723 bits per heavy atom. The first-order valence-corrected chi connectivity index (χ1v) is 41.8.